The lowest BCUT2D eigenvalue weighted by Crippen LogP contribution is -2.19. The standard InChI is InChI=1S/C22H21BrFNO2/c23-12-9-17-5-7-18(8-6-17)10-13-25-14-11-20(15-22(25)26)27-16-19-3-1-2-4-21(19)24/h1-8,11,14-15H,9-10,12-13,16H2. The van der Waals surface area contributed by atoms with Crippen LogP contribution in [-0.4, -0.2) is 9.90 Å². The molecular weight excluding hydrogens is 409 g/mol. The van der Waals surface area contributed by atoms with E-state index >= 15 is 0 Å². The van der Waals surface area contributed by atoms with Crippen molar-refractivity contribution in [2.45, 2.75) is 26.0 Å². The van der Waals surface area contributed by atoms with E-state index in [0.717, 1.165) is 18.2 Å². The molecule has 140 valence electrons. The molecule has 1 aromatic heterocycles. The topological polar surface area (TPSA) is 31.2 Å². The molecule has 3 rings (SSSR count). The van der Waals surface area contributed by atoms with Gasteiger partial charge in [-0.05, 0) is 36.1 Å². The van der Waals surface area contributed by atoms with Gasteiger partial charge in [-0.15, -0.1) is 0 Å². The van der Waals surface area contributed by atoms with Crippen LogP contribution in [0.5, 0.6) is 5.75 Å². The maximum absolute atomic E-state index is 13.6. The number of hydrogen-bond acceptors (Lipinski definition) is 2. The van der Waals surface area contributed by atoms with Crippen LogP contribution in [0.2, 0.25) is 0 Å². The maximum atomic E-state index is 13.6. The quantitative estimate of drug-likeness (QED) is 0.484. The van der Waals surface area contributed by atoms with Gasteiger partial charge < -0.3 is 9.30 Å². The molecule has 3 aromatic rings. The van der Waals surface area contributed by atoms with Crippen LogP contribution in [0.25, 0.3) is 0 Å². The smallest absolute Gasteiger partial charge is 0.254 e. The second kappa shape index (κ2) is 9.51. The Balaban J connectivity index is 1.58. The minimum atomic E-state index is -0.312. The summed E-state index contributed by atoms with van der Waals surface area (Å²) in [5.74, 6) is 0.131. The van der Waals surface area contributed by atoms with Crippen LogP contribution in [-0.2, 0) is 26.0 Å². The average molecular weight is 430 g/mol. The number of hydrogen-bond donors (Lipinski definition) is 0. The van der Waals surface area contributed by atoms with Crippen molar-refractivity contribution in [1.29, 1.82) is 0 Å². The van der Waals surface area contributed by atoms with E-state index in [-0.39, 0.29) is 18.0 Å². The molecule has 0 atom stereocenters. The van der Waals surface area contributed by atoms with Gasteiger partial charge in [-0.25, -0.2) is 4.39 Å². The monoisotopic (exact) mass is 429 g/mol. The number of pyridine rings is 1. The van der Waals surface area contributed by atoms with E-state index in [2.05, 4.69) is 40.2 Å². The average Bonchev–Trinajstić information content (AvgIpc) is 2.68. The molecule has 27 heavy (non-hydrogen) atoms. The van der Waals surface area contributed by atoms with Crippen molar-refractivity contribution in [1.82, 2.24) is 4.57 Å². The third kappa shape index (κ3) is 5.54. The van der Waals surface area contributed by atoms with Gasteiger partial charge in [0.05, 0.1) is 0 Å². The normalized spacial score (nSPS) is 10.7. The summed E-state index contributed by atoms with van der Waals surface area (Å²) in [5.41, 5.74) is 2.83. The van der Waals surface area contributed by atoms with Crippen LogP contribution in [0.15, 0.2) is 71.7 Å². The first-order chi connectivity index (χ1) is 13.2. The SMILES string of the molecule is O=c1cc(OCc2ccccc2F)ccn1CCc1ccc(CCBr)cc1. The van der Waals surface area contributed by atoms with E-state index in [1.54, 1.807) is 35.0 Å². The van der Waals surface area contributed by atoms with Crippen molar-refractivity contribution in [3.8, 4) is 5.75 Å². The highest BCUT2D eigenvalue weighted by atomic mass is 79.9. The molecule has 0 saturated carbocycles. The van der Waals surface area contributed by atoms with Crippen molar-refractivity contribution in [3.63, 3.8) is 0 Å². The molecule has 5 heteroatoms. The van der Waals surface area contributed by atoms with Crippen LogP contribution in [0.4, 0.5) is 4.39 Å². The Morgan fingerprint density at radius 2 is 1.67 bits per heavy atom. The van der Waals surface area contributed by atoms with Crippen LogP contribution in [0.3, 0.4) is 0 Å². The van der Waals surface area contributed by atoms with Crippen molar-refractivity contribution < 1.29 is 9.13 Å². The highest BCUT2D eigenvalue weighted by Crippen LogP contribution is 2.13. The summed E-state index contributed by atoms with van der Waals surface area (Å²) in [7, 11) is 0. The molecule has 0 saturated heterocycles. The molecule has 0 N–H and O–H groups in total. The minimum Gasteiger partial charge on any atom is -0.489 e. The minimum absolute atomic E-state index is 0.0941. The van der Waals surface area contributed by atoms with Crippen molar-refractivity contribution in [2.24, 2.45) is 0 Å². The predicted molar refractivity (Wildman–Crippen MR) is 109 cm³/mol. The van der Waals surface area contributed by atoms with Gasteiger partial charge in [-0.3, -0.25) is 4.79 Å². The number of alkyl halides is 1. The largest absolute Gasteiger partial charge is 0.489 e. The molecule has 0 fully saturated rings. The van der Waals surface area contributed by atoms with Gasteiger partial charge in [0.2, 0.25) is 0 Å². The van der Waals surface area contributed by atoms with Gasteiger partial charge in [0.1, 0.15) is 18.2 Å². The lowest BCUT2D eigenvalue weighted by Gasteiger charge is -2.10. The summed E-state index contributed by atoms with van der Waals surface area (Å²) >= 11 is 3.44. The Bertz CT molecular complexity index is 938. The third-order valence-corrected chi connectivity index (χ3v) is 4.76. The van der Waals surface area contributed by atoms with Gasteiger partial charge in [0, 0.05) is 29.7 Å². The Morgan fingerprint density at radius 3 is 2.33 bits per heavy atom. The fraction of sp³-hybridized carbons (Fsp3) is 0.227. The number of halogens is 2. The van der Waals surface area contributed by atoms with Crippen LogP contribution >= 0.6 is 15.9 Å². The number of benzene rings is 2. The summed E-state index contributed by atoms with van der Waals surface area (Å²) in [5, 5.41) is 0.951. The zero-order valence-corrected chi connectivity index (χ0v) is 16.5. The highest BCUT2D eigenvalue weighted by Gasteiger charge is 2.04. The van der Waals surface area contributed by atoms with Crippen LogP contribution in [0, 0.1) is 5.82 Å². The summed E-state index contributed by atoms with van der Waals surface area (Å²) in [6.07, 6.45) is 3.51. The number of aromatic nitrogens is 1. The van der Waals surface area contributed by atoms with E-state index < -0.39 is 0 Å². The fourth-order valence-electron chi connectivity index (χ4n) is 2.77. The second-order valence-electron chi connectivity index (χ2n) is 6.28. The van der Waals surface area contributed by atoms with Gasteiger partial charge in [-0.1, -0.05) is 58.4 Å². The van der Waals surface area contributed by atoms with Gasteiger partial charge in [0.15, 0.2) is 0 Å². The number of aryl methyl sites for hydroxylation is 3. The Morgan fingerprint density at radius 1 is 0.963 bits per heavy atom. The Kier molecular flexibility index (Phi) is 6.82. The third-order valence-electron chi connectivity index (χ3n) is 4.37. The Labute approximate surface area is 166 Å². The number of nitrogens with zero attached hydrogens (tertiary/aromatic N) is 1. The number of ether oxygens (including phenoxy) is 1. The molecule has 3 nitrogen and oxygen atoms in total. The molecule has 0 amide bonds. The van der Waals surface area contributed by atoms with Crippen molar-refractivity contribution in [2.75, 3.05) is 5.33 Å². The molecule has 0 radical (unpaired) electrons. The number of rotatable bonds is 8. The highest BCUT2D eigenvalue weighted by molar-refractivity contribution is 9.09. The predicted octanol–water partition coefficient (Wildman–Crippen LogP) is 4.75. The van der Waals surface area contributed by atoms with E-state index in [4.69, 9.17) is 4.74 Å². The molecule has 0 unspecified atom stereocenters. The molecular formula is C22H21BrFNO2. The first-order valence-electron chi connectivity index (χ1n) is 8.86. The Hall–Kier alpha value is -2.40. The molecule has 0 bridgehead atoms. The zero-order valence-electron chi connectivity index (χ0n) is 14.9. The molecule has 0 aliphatic carbocycles. The van der Waals surface area contributed by atoms with E-state index in [9.17, 15) is 9.18 Å². The summed E-state index contributed by atoms with van der Waals surface area (Å²) < 4.78 is 20.8. The van der Waals surface area contributed by atoms with E-state index in [0.29, 0.717) is 17.9 Å². The molecule has 0 spiro atoms. The zero-order chi connectivity index (χ0) is 19.1. The maximum Gasteiger partial charge on any atom is 0.254 e. The first kappa shape index (κ1) is 19.4. The summed E-state index contributed by atoms with van der Waals surface area (Å²) in [6, 6.07) is 18.1. The van der Waals surface area contributed by atoms with Crippen LogP contribution < -0.4 is 10.3 Å². The van der Waals surface area contributed by atoms with Crippen molar-refractivity contribution >= 4 is 15.9 Å². The molecule has 0 aliphatic rings. The summed E-state index contributed by atoms with van der Waals surface area (Å²) in [6.45, 7) is 0.696. The van der Waals surface area contributed by atoms with Gasteiger partial charge >= 0.3 is 0 Å². The second-order valence-corrected chi connectivity index (χ2v) is 7.07. The van der Waals surface area contributed by atoms with Crippen molar-refractivity contribution in [3.05, 3.63) is 99.7 Å². The first-order valence-corrected chi connectivity index (χ1v) is 9.98. The molecule has 2 aromatic carbocycles. The van der Waals surface area contributed by atoms with Gasteiger partial charge in [0.25, 0.3) is 5.56 Å². The van der Waals surface area contributed by atoms with Crippen LogP contribution in [0.1, 0.15) is 16.7 Å². The molecule has 0 aliphatic heterocycles. The fourth-order valence-corrected chi connectivity index (χ4v) is 3.23. The lowest BCUT2D eigenvalue weighted by molar-refractivity contribution is 0.298. The van der Waals surface area contributed by atoms with Gasteiger partial charge in [-0.2, -0.15) is 0 Å². The summed E-state index contributed by atoms with van der Waals surface area (Å²) in [4.78, 5) is 12.3. The molecule has 1 heterocycles. The van der Waals surface area contributed by atoms with E-state index in [1.807, 2.05) is 0 Å². The van der Waals surface area contributed by atoms with E-state index in [1.165, 1.54) is 23.3 Å². The lowest BCUT2D eigenvalue weighted by atomic mass is 10.1.